The SMILES string of the molecule is CC[C@@H](C)NC(=O)[C@@H](CC)N(CCc1ccccc1)C(=O)CN(c1ccccc1OC)S(=O)(=O)c1ccccc1. The zero-order valence-corrected chi connectivity index (χ0v) is 24.4. The Morgan fingerprint density at radius 1 is 0.875 bits per heavy atom. The molecule has 0 fully saturated rings. The second kappa shape index (κ2) is 14.5. The van der Waals surface area contributed by atoms with Gasteiger partial charge in [0.1, 0.15) is 18.3 Å². The maximum atomic E-state index is 14.1. The van der Waals surface area contributed by atoms with Crippen LogP contribution in [0.25, 0.3) is 0 Å². The highest BCUT2D eigenvalue weighted by molar-refractivity contribution is 7.92. The van der Waals surface area contributed by atoms with Crippen LogP contribution in [0.4, 0.5) is 5.69 Å². The molecule has 0 bridgehead atoms. The molecule has 0 aromatic heterocycles. The lowest BCUT2D eigenvalue weighted by Crippen LogP contribution is -2.54. The van der Waals surface area contributed by atoms with E-state index < -0.39 is 28.5 Å². The first-order valence-electron chi connectivity index (χ1n) is 13.6. The summed E-state index contributed by atoms with van der Waals surface area (Å²) in [5, 5.41) is 2.99. The lowest BCUT2D eigenvalue weighted by Gasteiger charge is -2.34. The maximum Gasteiger partial charge on any atom is 0.264 e. The van der Waals surface area contributed by atoms with Gasteiger partial charge in [-0.1, -0.05) is 74.5 Å². The van der Waals surface area contributed by atoms with Gasteiger partial charge in [-0.05, 0) is 56.0 Å². The molecule has 8 nitrogen and oxygen atoms in total. The van der Waals surface area contributed by atoms with Gasteiger partial charge in [0.05, 0.1) is 17.7 Å². The number of benzene rings is 3. The van der Waals surface area contributed by atoms with Crippen molar-refractivity contribution in [2.24, 2.45) is 0 Å². The average molecular weight is 566 g/mol. The molecule has 0 saturated carbocycles. The Balaban J connectivity index is 2.03. The van der Waals surface area contributed by atoms with E-state index in [1.54, 1.807) is 42.5 Å². The zero-order chi connectivity index (χ0) is 29.1. The van der Waals surface area contributed by atoms with Crippen molar-refractivity contribution in [3.63, 3.8) is 0 Å². The molecule has 0 aliphatic heterocycles. The third-order valence-corrected chi connectivity index (χ3v) is 8.61. The first kappa shape index (κ1) is 30.7. The Morgan fingerprint density at radius 2 is 1.48 bits per heavy atom. The lowest BCUT2D eigenvalue weighted by molar-refractivity contribution is -0.139. The Hall–Kier alpha value is -3.85. The minimum Gasteiger partial charge on any atom is -0.495 e. The lowest BCUT2D eigenvalue weighted by atomic mass is 10.1. The number of para-hydroxylation sites is 2. The Labute approximate surface area is 238 Å². The summed E-state index contributed by atoms with van der Waals surface area (Å²) >= 11 is 0. The van der Waals surface area contributed by atoms with Crippen LogP contribution in [-0.4, -0.2) is 57.4 Å². The number of anilines is 1. The van der Waals surface area contributed by atoms with Gasteiger partial charge in [0.2, 0.25) is 11.8 Å². The van der Waals surface area contributed by atoms with E-state index in [4.69, 9.17) is 4.74 Å². The largest absolute Gasteiger partial charge is 0.495 e. The van der Waals surface area contributed by atoms with E-state index in [1.807, 2.05) is 51.1 Å². The van der Waals surface area contributed by atoms with Crippen molar-refractivity contribution in [2.75, 3.05) is 24.5 Å². The molecule has 1 N–H and O–H groups in total. The average Bonchev–Trinajstić information content (AvgIpc) is 2.98. The van der Waals surface area contributed by atoms with Gasteiger partial charge >= 0.3 is 0 Å². The van der Waals surface area contributed by atoms with Crippen LogP contribution in [0, 0.1) is 0 Å². The molecule has 214 valence electrons. The van der Waals surface area contributed by atoms with E-state index in [1.165, 1.54) is 24.1 Å². The third-order valence-electron chi connectivity index (χ3n) is 6.84. The van der Waals surface area contributed by atoms with Gasteiger partial charge in [-0.3, -0.25) is 13.9 Å². The van der Waals surface area contributed by atoms with Gasteiger partial charge in [0.15, 0.2) is 0 Å². The van der Waals surface area contributed by atoms with Crippen molar-refractivity contribution in [2.45, 2.75) is 57.0 Å². The molecule has 0 saturated heterocycles. The predicted molar refractivity (Wildman–Crippen MR) is 158 cm³/mol. The summed E-state index contributed by atoms with van der Waals surface area (Å²) in [6.07, 6.45) is 1.64. The zero-order valence-electron chi connectivity index (χ0n) is 23.6. The van der Waals surface area contributed by atoms with Crippen molar-refractivity contribution < 1.29 is 22.7 Å². The van der Waals surface area contributed by atoms with Gasteiger partial charge in [0, 0.05) is 12.6 Å². The van der Waals surface area contributed by atoms with Crippen LogP contribution in [0.2, 0.25) is 0 Å². The molecular formula is C31H39N3O5S. The van der Waals surface area contributed by atoms with Gasteiger partial charge in [-0.15, -0.1) is 0 Å². The summed E-state index contributed by atoms with van der Waals surface area (Å²) in [5.41, 5.74) is 1.25. The minimum atomic E-state index is -4.15. The number of carbonyl (C=O) groups is 2. The van der Waals surface area contributed by atoms with E-state index in [-0.39, 0.29) is 29.1 Å². The predicted octanol–water partition coefficient (Wildman–Crippen LogP) is 4.66. The minimum absolute atomic E-state index is 0.0473. The molecular weight excluding hydrogens is 526 g/mol. The van der Waals surface area contributed by atoms with Crippen LogP contribution in [0.5, 0.6) is 5.75 Å². The number of carbonyl (C=O) groups excluding carboxylic acids is 2. The Morgan fingerprint density at radius 3 is 2.08 bits per heavy atom. The van der Waals surface area contributed by atoms with Crippen LogP contribution in [0.15, 0.2) is 89.8 Å². The van der Waals surface area contributed by atoms with E-state index in [0.29, 0.717) is 18.6 Å². The van der Waals surface area contributed by atoms with Crippen molar-refractivity contribution in [1.82, 2.24) is 10.2 Å². The second-order valence-corrected chi connectivity index (χ2v) is 11.4. The normalized spacial score (nSPS) is 12.7. The van der Waals surface area contributed by atoms with E-state index >= 15 is 0 Å². The van der Waals surface area contributed by atoms with Crippen LogP contribution in [0.3, 0.4) is 0 Å². The van der Waals surface area contributed by atoms with Crippen LogP contribution < -0.4 is 14.4 Å². The van der Waals surface area contributed by atoms with E-state index in [0.717, 1.165) is 16.3 Å². The quantitative estimate of drug-likeness (QED) is 0.307. The summed E-state index contributed by atoms with van der Waals surface area (Å²) in [4.78, 5) is 29.0. The van der Waals surface area contributed by atoms with Gasteiger partial charge < -0.3 is 15.0 Å². The van der Waals surface area contributed by atoms with Crippen molar-refractivity contribution in [1.29, 1.82) is 0 Å². The molecule has 9 heteroatoms. The number of ether oxygens (including phenoxy) is 1. The molecule has 3 aromatic rings. The first-order chi connectivity index (χ1) is 19.2. The molecule has 0 radical (unpaired) electrons. The summed E-state index contributed by atoms with van der Waals surface area (Å²) in [6.45, 7) is 5.49. The first-order valence-corrected chi connectivity index (χ1v) is 15.0. The number of hydrogen-bond donors (Lipinski definition) is 1. The molecule has 0 unspecified atom stereocenters. The topological polar surface area (TPSA) is 96.0 Å². The molecule has 40 heavy (non-hydrogen) atoms. The van der Waals surface area contributed by atoms with Gasteiger partial charge in [0.25, 0.3) is 10.0 Å². The molecule has 2 amide bonds. The fourth-order valence-electron chi connectivity index (χ4n) is 4.41. The van der Waals surface area contributed by atoms with Crippen LogP contribution in [0.1, 0.15) is 39.2 Å². The number of amides is 2. The van der Waals surface area contributed by atoms with Crippen molar-refractivity contribution in [3.05, 3.63) is 90.5 Å². The smallest absolute Gasteiger partial charge is 0.264 e. The molecule has 0 spiro atoms. The third kappa shape index (κ3) is 7.63. The van der Waals surface area contributed by atoms with Crippen LogP contribution >= 0.6 is 0 Å². The molecule has 0 heterocycles. The number of rotatable bonds is 14. The number of sulfonamides is 1. The summed E-state index contributed by atoms with van der Waals surface area (Å²) in [6, 6.07) is 23.5. The number of methoxy groups -OCH3 is 1. The Bertz CT molecular complexity index is 1350. The molecule has 2 atom stereocenters. The molecule has 0 aliphatic carbocycles. The fraction of sp³-hybridized carbons (Fsp3) is 0.355. The molecule has 3 rings (SSSR count). The fourth-order valence-corrected chi connectivity index (χ4v) is 5.85. The van der Waals surface area contributed by atoms with Crippen molar-refractivity contribution in [3.8, 4) is 5.75 Å². The summed E-state index contributed by atoms with van der Waals surface area (Å²) < 4.78 is 34.4. The van der Waals surface area contributed by atoms with E-state index in [9.17, 15) is 18.0 Å². The molecule has 3 aromatic carbocycles. The number of nitrogens with one attached hydrogen (secondary N) is 1. The maximum absolute atomic E-state index is 14.1. The molecule has 0 aliphatic rings. The van der Waals surface area contributed by atoms with E-state index in [2.05, 4.69) is 5.32 Å². The van der Waals surface area contributed by atoms with Gasteiger partial charge in [-0.2, -0.15) is 0 Å². The second-order valence-electron chi connectivity index (χ2n) is 9.56. The Kier molecular flexibility index (Phi) is 11.1. The monoisotopic (exact) mass is 565 g/mol. The highest BCUT2D eigenvalue weighted by atomic mass is 32.2. The van der Waals surface area contributed by atoms with Gasteiger partial charge in [-0.25, -0.2) is 8.42 Å². The number of nitrogens with zero attached hydrogens (tertiary/aromatic N) is 2. The highest BCUT2D eigenvalue weighted by Crippen LogP contribution is 2.32. The van der Waals surface area contributed by atoms with Crippen molar-refractivity contribution >= 4 is 27.5 Å². The standard InChI is InChI=1S/C31H39N3O5S/c1-5-24(3)32-31(36)27(6-2)33(22-21-25-15-9-7-10-16-25)30(35)23-34(28-19-13-14-20-29(28)39-4)40(37,38)26-17-11-8-12-18-26/h7-20,24,27H,5-6,21-23H2,1-4H3,(H,32,36)/t24-,27-/m1/s1. The van der Waals surface area contributed by atoms with Crippen LogP contribution in [-0.2, 0) is 26.0 Å². The summed E-state index contributed by atoms with van der Waals surface area (Å²) in [5.74, 6) is -0.423. The number of hydrogen-bond acceptors (Lipinski definition) is 5. The summed E-state index contributed by atoms with van der Waals surface area (Å²) in [7, 11) is -2.70. The highest BCUT2D eigenvalue weighted by Gasteiger charge is 2.34.